The minimum Gasteiger partial charge on any atom is -0.325 e. The fraction of sp³-hybridized carbons (Fsp3) is 0.625. The van der Waals surface area contributed by atoms with E-state index in [1.807, 2.05) is 0 Å². The number of hydrogen-bond acceptors (Lipinski definition) is 2. The van der Waals surface area contributed by atoms with Gasteiger partial charge in [0.15, 0.2) is 0 Å². The molecule has 1 aromatic rings. The highest BCUT2D eigenvalue weighted by atomic mass is 32.2. The molecule has 0 aliphatic carbocycles. The molecule has 0 aliphatic heterocycles. The van der Waals surface area contributed by atoms with Gasteiger partial charge in [0.2, 0.25) is 0 Å². The number of benzene rings is 1. The van der Waals surface area contributed by atoms with E-state index in [2.05, 4.69) is 53.7 Å². The summed E-state index contributed by atoms with van der Waals surface area (Å²) >= 11 is 0.914. The lowest BCUT2D eigenvalue weighted by atomic mass is 9.88. The average Bonchev–Trinajstić information content (AvgIpc) is 2.35. The van der Waals surface area contributed by atoms with Crippen LogP contribution in [0.4, 0.5) is 0 Å². The van der Waals surface area contributed by atoms with Crippen molar-refractivity contribution >= 4 is 12.0 Å². The van der Waals surface area contributed by atoms with Crippen LogP contribution in [0.5, 0.6) is 0 Å². The van der Waals surface area contributed by atoms with Gasteiger partial charge in [-0.2, -0.15) is 0 Å². The highest BCUT2D eigenvalue weighted by molar-refractivity contribution is 7.93. The van der Waals surface area contributed by atoms with Crippen molar-refractivity contribution < 1.29 is 4.55 Å². The summed E-state index contributed by atoms with van der Waals surface area (Å²) in [5.41, 5.74) is 3.97. The maximum atomic E-state index is 9.64. The molecule has 1 rings (SSSR count). The zero-order valence-corrected chi connectivity index (χ0v) is 13.3. The first-order chi connectivity index (χ1) is 8.42. The van der Waals surface area contributed by atoms with Crippen molar-refractivity contribution in [1.82, 2.24) is 0 Å². The summed E-state index contributed by atoms with van der Waals surface area (Å²) in [5, 5.41) is 0. The standard InChI is InChI=1S/C16H26OS/c1-7-12(6)15-9-13(10(2)3)8-14(11(4)5)16(15)18-17/h8-12,17H,7H2,1-6H3. The van der Waals surface area contributed by atoms with E-state index in [9.17, 15) is 4.55 Å². The molecule has 0 saturated heterocycles. The van der Waals surface area contributed by atoms with Gasteiger partial charge >= 0.3 is 0 Å². The fourth-order valence-corrected chi connectivity index (χ4v) is 2.92. The van der Waals surface area contributed by atoms with Gasteiger partial charge in [-0.3, -0.25) is 0 Å². The minimum absolute atomic E-state index is 0.446. The van der Waals surface area contributed by atoms with Crippen LogP contribution in [-0.4, -0.2) is 4.55 Å². The third kappa shape index (κ3) is 3.30. The van der Waals surface area contributed by atoms with Crippen molar-refractivity contribution in [1.29, 1.82) is 0 Å². The number of rotatable bonds is 5. The summed E-state index contributed by atoms with van der Waals surface area (Å²) in [4.78, 5) is 1.07. The van der Waals surface area contributed by atoms with Crippen molar-refractivity contribution in [2.75, 3.05) is 0 Å². The summed E-state index contributed by atoms with van der Waals surface area (Å²) in [7, 11) is 0. The van der Waals surface area contributed by atoms with Crippen LogP contribution in [0.15, 0.2) is 17.0 Å². The smallest absolute Gasteiger partial charge is 0.0420 e. The normalized spacial score (nSPS) is 13.4. The SMILES string of the molecule is CCC(C)c1cc(C(C)C)cc(C(C)C)c1SO. The molecule has 1 unspecified atom stereocenters. The minimum atomic E-state index is 0.446. The summed E-state index contributed by atoms with van der Waals surface area (Å²) in [5.74, 6) is 1.47. The Morgan fingerprint density at radius 3 is 1.94 bits per heavy atom. The van der Waals surface area contributed by atoms with E-state index in [4.69, 9.17) is 0 Å². The lowest BCUT2D eigenvalue weighted by molar-refractivity contribution is 0.649. The maximum Gasteiger partial charge on any atom is 0.0420 e. The Hall–Kier alpha value is -0.470. The van der Waals surface area contributed by atoms with Crippen molar-refractivity contribution in [2.45, 2.75) is 70.6 Å². The van der Waals surface area contributed by atoms with Gasteiger partial charge in [0, 0.05) is 16.9 Å². The third-order valence-electron chi connectivity index (χ3n) is 3.69. The van der Waals surface area contributed by atoms with E-state index in [-0.39, 0.29) is 0 Å². The molecule has 1 nitrogen and oxygen atoms in total. The van der Waals surface area contributed by atoms with Crippen LogP contribution >= 0.6 is 12.0 Å². The van der Waals surface area contributed by atoms with Crippen LogP contribution in [0.3, 0.4) is 0 Å². The molecule has 0 spiro atoms. The average molecular weight is 266 g/mol. The van der Waals surface area contributed by atoms with Gasteiger partial charge in [-0.15, -0.1) is 0 Å². The van der Waals surface area contributed by atoms with Crippen molar-refractivity contribution in [3.8, 4) is 0 Å². The van der Waals surface area contributed by atoms with Gasteiger partial charge in [-0.1, -0.05) is 53.7 Å². The van der Waals surface area contributed by atoms with Crippen LogP contribution in [0.1, 0.15) is 82.4 Å². The molecule has 0 bridgehead atoms. The summed E-state index contributed by atoms with van der Waals surface area (Å²) in [6.45, 7) is 13.3. The van der Waals surface area contributed by atoms with Gasteiger partial charge in [-0.25, -0.2) is 0 Å². The van der Waals surface area contributed by atoms with E-state index < -0.39 is 0 Å². The largest absolute Gasteiger partial charge is 0.325 e. The van der Waals surface area contributed by atoms with Gasteiger partial charge in [0.05, 0.1) is 0 Å². The molecule has 102 valence electrons. The van der Waals surface area contributed by atoms with Crippen LogP contribution in [0.25, 0.3) is 0 Å². The topological polar surface area (TPSA) is 20.2 Å². The van der Waals surface area contributed by atoms with E-state index in [0.29, 0.717) is 17.8 Å². The van der Waals surface area contributed by atoms with Crippen molar-refractivity contribution in [2.24, 2.45) is 0 Å². The molecule has 0 aliphatic rings. The molecule has 2 heteroatoms. The predicted octanol–water partition coefficient (Wildman–Crippen LogP) is 6.01. The van der Waals surface area contributed by atoms with E-state index in [0.717, 1.165) is 23.4 Å². The summed E-state index contributed by atoms with van der Waals surface area (Å²) < 4.78 is 9.64. The first-order valence-electron chi connectivity index (χ1n) is 6.91. The molecular weight excluding hydrogens is 240 g/mol. The molecule has 0 aromatic heterocycles. The Bertz CT molecular complexity index is 396. The van der Waals surface area contributed by atoms with Crippen LogP contribution in [-0.2, 0) is 0 Å². The highest BCUT2D eigenvalue weighted by Crippen LogP contribution is 2.37. The first kappa shape index (κ1) is 15.6. The quantitative estimate of drug-likeness (QED) is 0.658. The van der Waals surface area contributed by atoms with Crippen molar-refractivity contribution in [3.63, 3.8) is 0 Å². The van der Waals surface area contributed by atoms with Gasteiger partial charge in [-0.05, 0) is 40.9 Å². The number of hydrogen-bond donors (Lipinski definition) is 1. The molecule has 0 heterocycles. The van der Waals surface area contributed by atoms with Gasteiger partial charge < -0.3 is 4.55 Å². The van der Waals surface area contributed by atoms with E-state index in [1.54, 1.807) is 0 Å². The zero-order valence-electron chi connectivity index (χ0n) is 12.4. The lowest BCUT2D eigenvalue weighted by Gasteiger charge is -2.21. The van der Waals surface area contributed by atoms with E-state index in [1.165, 1.54) is 16.7 Å². The van der Waals surface area contributed by atoms with Gasteiger partial charge in [0.1, 0.15) is 0 Å². The molecule has 0 fully saturated rings. The predicted molar refractivity (Wildman–Crippen MR) is 81.8 cm³/mol. The molecular formula is C16H26OS. The van der Waals surface area contributed by atoms with Crippen LogP contribution in [0.2, 0.25) is 0 Å². The zero-order chi connectivity index (χ0) is 13.9. The molecule has 1 atom stereocenters. The molecule has 0 saturated carbocycles. The molecule has 1 N–H and O–H groups in total. The first-order valence-corrected chi connectivity index (χ1v) is 7.68. The second-order valence-electron chi connectivity index (χ2n) is 5.74. The van der Waals surface area contributed by atoms with Gasteiger partial charge in [0.25, 0.3) is 0 Å². The maximum absolute atomic E-state index is 9.64. The molecule has 0 radical (unpaired) electrons. The fourth-order valence-electron chi connectivity index (χ4n) is 2.15. The third-order valence-corrected chi connectivity index (χ3v) is 4.35. The second-order valence-corrected chi connectivity index (χ2v) is 6.33. The molecule has 1 aromatic carbocycles. The Kier molecular flexibility index (Phi) is 5.74. The lowest BCUT2D eigenvalue weighted by Crippen LogP contribution is -2.03. The summed E-state index contributed by atoms with van der Waals surface area (Å²) in [6, 6.07) is 4.54. The van der Waals surface area contributed by atoms with Crippen molar-refractivity contribution in [3.05, 3.63) is 28.8 Å². The van der Waals surface area contributed by atoms with E-state index >= 15 is 0 Å². The Morgan fingerprint density at radius 1 is 1.00 bits per heavy atom. The molecule has 18 heavy (non-hydrogen) atoms. The Balaban J connectivity index is 3.45. The Morgan fingerprint density at radius 2 is 1.56 bits per heavy atom. The molecule has 0 amide bonds. The summed E-state index contributed by atoms with van der Waals surface area (Å²) in [6.07, 6.45) is 1.10. The van der Waals surface area contributed by atoms with Crippen LogP contribution < -0.4 is 0 Å². The second kappa shape index (κ2) is 6.63. The monoisotopic (exact) mass is 266 g/mol. The Labute approximate surface area is 116 Å². The van der Waals surface area contributed by atoms with Crippen LogP contribution in [0, 0.1) is 0 Å². The highest BCUT2D eigenvalue weighted by Gasteiger charge is 2.18.